The highest BCUT2D eigenvalue weighted by molar-refractivity contribution is 5.81. The minimum absolute atomic E-state index is 0.000859. The molecule has 5 nitrogen and oxygen atoms in total. The van der Waals surface area contributed by atoms with Gasteiger partial charge in [0, 0.05) is 13.0 Å². The zero-order valence-electron chi connectivity index (χ0n) is 13.2. The maximum absolute atomic E-state index is 12.1. The molecular weight excluding hydrogens is 258 g/mol. The first-order valence-electron chi connectivity index (χ1n) is 7.16. The van der Waals surface area contributed by atoms with Gasteiger partial charge in [0.1, 0.15) is 0 Å². The van der Waals surface area contributed by atoms with E-state index < -0.39 is 11.6 Å². The third kappa shape index (κ3) is 4.20. The van der Waals surface area contributed by atoms with Gasteiger partial charge in [-0.05, 0) is 31.1 Å². The smallest absolute Gasteiger partial charge is 0.339 e. The molecule has 0 aromatic rings. The van der Waals surface area contributed by atoms with E-state index in [1.54, 1.807) is 4.90 Å². The minimum atomic E-state index is -1.65. The van der Waals surface area contributed by atoms with Crippen LogP contribution in [0.15, 0.2) is 0 Å². The Morgan fingerprint density at radius 1 is 1.35 bits per heavy atom. The SMILES string of the molecule is COC(=O)C(C)(O)CN1CCC(C(C)(C)C)CCC1=O. The van der Waals surface area contributed by atoms with Crippen LogP contribution in [0.4, 0.5) is 0 Å². The number of methoxy groups -OCH3 is 1. The number of hydrogen-bond donors (Lipinski definition) is 1. The van der Waals surface area contributed by atoms with Crippen LogP contribution in [0.25, 0.3) is 0 Å². The minimum Gasteiger partial charge on any atom is -0.467 e. The van der Waals surface area contributed by atoms with Crippen LogP contribution < -0.4 is 0 Å². The maximum Gasteiger partial charge on any atom is 0.339 e. The second kappa shape index (κ2) is 6.12. The van der Waals surface area contributed by atoms with E-state index in [1.807, 2.05) is 0 Å². The van der Waals surface area contributed by atoms with Crippen LogP contribution in [-0.2, 0) is 14.3 Å². The maximum atomic E-state index is 12.1. The summed E-state index contributed by atoms with van der Waals surface area (Å²) in [7, 11) is 1.23. The molecule has 0 aromatic carbocycles. The highest BCUT2D eigenvalue weighted by atomic mass is 16.5. The van der Waals surface area contributed by atoms with Gasteiger partial charge in [-0.1, -0.05) is 20.8 Å². The zero-order chi connectivity index (χ0) is 15.6. The van der Waals surface area contributed by atoms with Crippen LogP contribution in [0.2, 0.25) is 0 Å². The molecule has 0 saturated carbocycles. The van der Waals surface area contributed by atoms with E-state index >= 15 is 0 Å². The highest BCUT2D eigenvalue weighted by Gasteiger charge is 2.37. The molecule has 0 spiro atoms. The summed E-state index contributed by atoms with van der Waals surface area (Å²) in [6.07, 6.45) is 2.23. The van der Waals surface area contributed by atoms with E-state index in [2.05, 4.69) is 25.5 Å². The quantitative estimate of drug-likeness (QED) is 0.800. The van der Waals surface area contributed by atoms with Crippen molar-refractivity contribution in [1.82, 2.24) is 4.90 Å². The molecule has 2 unspecified atom stereocenters. The highest BCUT2D eigenvalue weighted by Crippen LogP contribution is 2.34. The van der Waals surface area contributed by atoms with E-state index in [4.69, 9.17) is 0 Å². The third-order valence-corrected chi connectivity index (χ3v) is 4.16. The Kier molecular flexibility index (Phi) is 5.19. The van der Waals surface area contributed by atoms with Gasteiger partial charge in [0.25, 0.3) is 0 Å². The molecule has 116 valence electrons. The van der Waals surface area contributed by atoms with E-state index in [0.717, 1.165) is 12.8 Å². The predicted octanol–water partition coefficient (Wildman–Crippen LogP) is 1.59. The van der Waals surface area contributed by atoms with Crippen molar-refractivity contribution in [3.63, 3.8) is 0 Å². The van der Waals surface area contributed by atoms with Gasteiger partial charge in [-0.3, -0.25) is 4.79 Å². The fraction of sp³-hybridized carbons (Fsp3) is 0.867. The predicted molar refractivity (Wildman–Crippen MR) is 76.0 cm³/mol. The summed E-state index contributed by atoms with van der Waals surface area (Å²) in [5, 5.41) is 10.1. The molecule has 2 atom stereocenters. The molecule has 1 fully saturated rings. The van der Waals surface area contributed by atoms with Gasteiger partial charge in [0.05, 0.1) is 13.7 Å². The summed E-state index contributed by atoms with van der Waals surface area (Å²) in [4.78, 5) is 25.2. The fourth-order valence-corrected chi connectivity index (χ4v) is 2.73. The summed E-state index contributed by atoms with van der Waals surface area (Å²) >= 11 is 0. The average molecular weight is 285 g/mol. The molecule has 1 aliphatic rings. The van der Waals surface area contributed by atoms with Crippen molar-refractivity contribution in [2.45, 2.75) is 52.6 Å². The number of nitrogens with zero attached hydrogens (tertiary/aromatic N) is 1. The number of hydrogen-bond acceptors (Lipinski definition) is 4. The summed E-state index contributed by atoms with van der Waals surface area (Å²) in [5.41, 5.74) is -1.48. The van der Waals surface area contributed by atoms with Crippen LogP contribution in [0.3, 0.4) is 0 Å². The lowest BCUT2D eigenvalue weighted by atomic mass is 9.77. The van der Waals surface area contributed by atoms with E-state index in [-0.39, 0.29) is 17.9 Å². The molecule has 0 radical (unpaired) electrons. The first kappa shape index (κ1) is 17.0. The molecule has 1 saturated heterocycles. The molecule has 1 heterocycles. The Bertz CT molecular complexity index is 371. The lowest BCUT2D eigenvalue weighted by Gasteiger charge is -2.31. The van der Waals surface area contributed by atoms with Gasteiger partial charge < -0.3 is 14.7 Å². The van der Waals surface area contributed by atoms with E-state index in [9.17, 15) is 14.7 Å². The number of aliphatic hydroxyl groups is 1. The van der Waals surface area contributed by atoms with Crippen LogP contribution in [-0.4, -0.2) is 47.7 Å². The fourth-order valence-electron chi connectivity index (χ4n) is 2.73. The lowest BCUT2D eigenvalue weighted by molar-refractivity contribution is -0.163. The largest absolute Gasteiger partial charge is 0.467 e. The number of carbonyl (C=O) groups excluding carboxylic acids is 2. The van der Waals surface area contributed by atoms with E-state index in [1.165, 1.54) is 14.0 Å². The van der Waals surface area contributed by atoms with Crippen LogP contribution in [0.1, 0.15) is 47.0 Å². The van der Waals surface area contributed by atoms with Crippen molar-refractivity contribution >= 4 is 11.9 Å². The van der Waals surface area contributed by atoms with Gasteiger partial charge >= 0.3 is 5.97 Å². The molecule has 1 rings (SSSR count). The van der Waals surface area contributed by atoms with Gasteiger partial charge in [-0.2, -0.15) is 0 Å². The van der Waals surface area contributed by atoms with Crippen LogP contribution in [0, 0.1) is 11.3 Å². The van der Waals surface area contributed by atoms with E-state index in [0.29, 0.717) is 18.9 Å². The van der Waals surface area contributed by atoms with Gasteiger partial charge in [0.2, 0.25) is 5.91 Å². The molecule has 0 bridgehead atoms. The van der Waals surface area contributed by atoms with Gasteiger partial charge in [-0.15, -0.1) is 0 Å². The standard InChI is InChI=1S/C15H27NO4/c1-14(2,3)11-6-7-12(17)16(9-8-11)10-15(4,19)13(18)20-5/h11,19H,6-10H2,1-5H3. The summed E-state index contributed by atoms with van der Waals surface area (Å²) in [5.74, 6) is -0.234. The third-order valence-electron chi connectivity index (χ3n) is 4.16. The summed E-state index contributed by atoms with van der Waals surface area (Å²) in [6, 6.07) is 0. The first-order valence-corrected chi connectivity index (χ1v) is 7.16. The molecule has 0 aliphatic carbocycles. The normalized spacial score (nSPS) is 24.0. The number of likely N-dealkylation sites (tertiary alicyclic amines) is 1. The number of esters is 1. The second-order valence-corrected chi connectivity index (χ2v) is 6.97. The number of β-amino-alcohol motifs (C(OH)–C–C–N with tert-alkyl or cyclic N) is 1. The van der Waals surface area contributed by atoms with Crippen molar-refractivity contribution in [1.29, 1.82) is 0 Å². The molecule has 1 N–H and O–H groups in total. The second-order valence-electron chi connectivity index (χ2n) is 6.97. The number of carbonyl (C=O) groups is 2. The van der Waals surface area contributed by atoms with Crippen molar-refractivity contribution in [3.05, 3.63) is 0 Å². The van der Waals surface area contributed by atoms with Gasteiger partial charge in [-0.25, -0.2) is 4.79 Å². The van der Waals surface area contributed by atoms with Crippen molar-refractivity contribution < 1.29 is 19.4 Å². The average Bonchev–Trinajstić information content (AvgIpc) is 2.50. The van der Waals surface area contributed by atoms with Crippen molar-refractivity contribution in [2.75, 3.05) is 20.2 Å². The molecule has 20 heavy (non-hydrogen) atoms. The Hall–Kier alpha value is -1.10. The molecule has 5 heteroatoms. The van der Waals surface area contributed by atoms with Crippen LogP contribution >= 0.6 is 0 Å². The Morgan fingerprint density at radius 3 is 2.45 bits per heavy atom. The zero-order valence-corrected chi connectivity index (χ0v) is 13.2. The van der Waals surface area contributed by atoms with Gasteiger partial charge in [0.15, 0.2) is 5.60 Å². The van der Waals surface area contributed by atoms with Crippen molar-refractivity contribution in [2.24, 2.45) is 11.3 Å². The lowest BCUT2D eigenvalue weighted by Crippen LogP contribution is -2.49. The Balaban J connectivity index is 2.73. The number of rotatable bonds is 3. The Labute approximate surface area is 121 Å². The van der Waals surface area contributed by atoms with Crippen LogP contribution in [0.5, 0.6) is 0 Å². The Morgan fingerprint density at radius 2 is 1.95 bits per heavy atom. The molecular formula is C15H27NO4. The first-order chi connectivity index (χ1) is 9.08. The van der Waals surface area contributed by atoms with Crippen molar-refractivity contribution in [3.8, 4) is 0 Å². The summed E-state index contributed by atoms with van der Waals surface area (Å²) < 4.78 is 4.57. The molecule has 0 aromatic heterocycles. The molecule has 1 aliphatic heterocycles. The number of amides is 1. The monoisotopic (exact) mass is 285 g/mol. The summed E-state index contributed by atoms with van der Waals surface area (Å²) in [6.45, 7) is 8.51. The number of ether oxygens (including phenoxy) is 1. The topological polar surface area (TPSA) is 66.8 Å². The molecule has 1 amide bonds.